The standard InChI is InChI=1S/C25H26BrN3O3/c1-3-4-15-32-23-14-13-18-9-5-6-10-19(18)20(23)16-27-29-25(31)17(2)24(30)28-22-12-8-7-11-21(22)26/h5-14,16-17H,3-4,15H2,1-2H3,(H,28,30)(H,29,31). The largest absolute Gasteiger partial charge is 0.493 e. The Hall–Kier alpha value is -3.19. The molecule has 0 fully saturated rings. The molecule has 0 radical (unpaired) electrons. The molecule has 0 aliphatic rings. The van der Waals surface area contributed by atoms with Crippen LogP contribution in [0.1, 0.15) is 32.3 Å². The summed E-state index contributed by atoms with van der Waals surface area (Å²) in [7, 11) is 0. The number of ether oxygens (including phenoxy) is 1. The quantitative estimate of drug-likeness (QED) is 0.178. The van der Waals surface area contributed by atoms with Crippen molar-refractivity contribution in [1.29, 1.82) is 0 Å². The van der Waals surface area contributed by atoms with Crippen molar-refractivity contribution in [3.8, 4) is 5.75 Å². The van der Waals surface area contributed by atoms with Gasteiger partial charge in [0.2, 0.25) is 5.91 Å². The third-order valence-corrected chi connectivity index (χ3v) is 5.66. The third kappa shape index (κ3) is 5.95. The van der Waals surface area contributed by atoms with E-state index in [2.05, 4.69) is 38.7 Å². The first-order valence-corrected chi connectivity index (χ1v) is 11.3. The lowest BCUT2D eigenvalue weighted by molar-refractivity contribution is -0.131. The predicted molar refractivity (Wildman–Crippen MR) is 132 cm³/mol. The lowest BCUT2D eigenvalue weighted by Gasteiger charge is -2.13. The maximum Gasteiger partial charge on any atom is 0.252 e. The molecule has 3 rings (SSSR count). The number of hydrogen-bond donors (Lipinski definition) is 2. The average Bonchev–Trinajstić information content (AvgIpc) is 2.81. The van der Waals surface area contributed by atoms with Gasteiger partial charge in [-0.2, -0.15) is 5.10 Å². The second kappa shape index (κ2) is 11.4. The van der Waals surface area contributed by atoms with Crippen LogP contribution in [0.2, 0.25) is 0 Å². The van der Waals surface area contributed by atoms with Gasteiger partial charge in [0, 0.05) is 10.0 Å². The Morgan fingerprint density at radius 2 is 1.81 bits per heavy atom. The van der Waals surface area contributed by atoms with Gasteiger partial charge in [0.25, 0.3) is 5.91 Å². The molecule has 0 saturated heterocycles. The maximum absolute atomic E-state index is 12.5. The van der Waals surface area contributed by atoms with E-state index in [0.29, 0.717) is 18.0 Å². The normalized spacial score (nSPS) is 12.0. The van der Waals surface area contributed by atoms with Crippen molar-refractivity contribution in [2.45, 2.75) is 26.7 Å². The van der Waals surface area contributed by atoms with Gasteiger partial charge in [-0.1, -0.05) is 55.8 Å². The Morgan fingerprint density at radius 3 is 2.59 bits per heavy atom. The molecule has 32 heavy (non-hydrogen) atoms. The maximum atomic E-state index is 12.5. The van der Waals surface area contributed by atoms with Gasteiger partial charge in [-0.25, -0.2) is 5.43 Å². The number of rotatable bonds is 9. The summed E-state index contributed by atoms with van der Waals surface area (Å²) < 4.78 is 6.68. The molecule has 2 N–H and O–H groups in total. The van der Waals surface area contributed by atoms with Crippen molar-refractivity contribution in [3.63, 3.8) is 0 Å². The van der Waals surface area contributed by atoms with Crippen LogP contribution in [0.4, 0.5) is 5.69 Å². The number of fused-ring (bicyclic) bond motifs is 1. The Kier molecular flexibility index (Phi) is 8.39. The highest BCUT2D eigenvalue weighted by atomic mass is 79.9. The highest BCUT2D eigenvalue weighted by molar-refractivity contribution is 9.10. The SMILES string of the molecule is CCCCOc1ccc2ccccc2c1C=NNC(=O)C(C)C(=O)Nc1ccccc1Br. The fourth-order valence-electron chi connectivity index (χ4n) is 3.04. The molecule has 0 bridgehead atoms. The molecule has 7 heteroatoms. The first kappa shape index (κ1) is 23.5. The summed E-state index contributed by atoms with van der Waals surface area (Å²) in [5.41, 5.74) is 3.86. The van der Waals surface area contributed by atoms with E-state index in [1.54, 1.807) is 18.3 Å². The molecule has 6 nitrogen and oxygen atoms in total. The Bertz CT molecular complexity index is 1130. The molecule has 0 aromatic heterocycles. The lowest BCUT2D eigenvalue weighted by atomic mass is 10.0. The number of hydrogen-bond acceptors (Lipinski definition) is 4. The number of nitrogens with one attached hydrogen (secondary N) is 2. The number of unbranched alkanes of at least 4 members (excludes halogenated alkanes) is 1. The smallest absolute Gasteiger partial charge is 0.252 e. The minimum Gasteiger partial charge on any atom is -0.493 e. The number of nitrogens with zero attached hydrogens (tertiary/aromatic N) is 1. The summed E-state index contributed by atoms with van der Waals surface area (Å²) in [4.78, 5) is 24.9. The zero-order valence-electron chi connectivity index (χ0n) is 18.1. The van der Waals surface area contributed by atoms with Crippen LogP contribution >= 0.6 is 15.9 Å². The van der Waals surface area contributed by atoms with E-state index in [4.69, 9.17) is 4.74 Å². The molecule has 2 amide bonds. The van der Waals surface area contributed by atoms with Crippen molar-refractivity contribution >= 4 is 50.4 Å². The molecule has 1 unspecified atom stereocenters. The molecule has 166 valence electrons. The molecule has 0 heterocycles. The molecule has 3 aromatic carbocycles. The predicted octanol–water partition coefficient (Wildman–Crippen LogP) is 5.51. The van der Waals surface area contributed by atoms with Crippen molar-refractivity contribution in [3.05, 3.63) is 70.7 Å². The van der Waals surface area contributed by atoms with Crippen LogP contribution in [0, 0.1) is 5.92 Å². The monoisotopic (exact) mass is 495 g/mol. The second-order valence-electron chi connectivity index (χ2n) is 7.33. The number of para-hydroxylation sites is 1. The van der Waals surface area contributed by atoms with Gasteiger partial charge in [-0.05, 0) is 58.2 Å². The molecule has 0 aliphatic heterocycles. The zero-order chi connectivity index (χ0) is 22.9. The average molecular weight is 496 g/mol. The summed E-state index contributed by atoms with van der Waals surface area (Å²) in [6.07, 6.45) is 3.55. The summed E-state index contributed by atoms with van der Waals surface area (Å²) >= 11 is 3.38. The molecular formula is C25H26BrN3O3. The number of benzene rings is 3. The first-order valence-electron chi connectivity index (χ1n) is 10.5. The fourth-order valence-corrected chi connectivity index (χ4v) is 3.42. The van der Waals surface area contributed by atoms with Crippen LogP contribution in [0.5, 0.6) is 5.75 Å². The van der Waals surface area contributed by atoms with Gasteiger partial charge in [-0.3, -0.25) is 9.59 Å². The Labute approximate surface area is 196 Å². The fraction of sp³-hybridized carbons (Fsp3) is 0.240. The van der Waals surface area contributed by atoms with Gasteiger partial charge >= 0.3 is 0 Å². The van der Waals surface area contributed by atoms with Crippen LogP contribution in [0.25, 0.3) is 10.8 Å². The minimum absolute atomic E-state index is 0.418. The van der Waals surface area contributed by atoms with E-state index in [1.165, 1.54) is 6.92 Å². The third-order valence-electron chi connectivity index (χ3n) is 4.97. The van der Waals surface area contributed by atoms with Crippen molar-refractivity contribution in [1.82, 2.24) is 5.43 Å². The first-order chi connectivity index (χ1) is 15.5. The second-order valence-corrected chi connectivity index (χ2v) is 8.18. The summed E-state index contributed by atoms with van der Waals surface area (Å²) in [5, 5.41) is 8.87. The van der Waals surface area contributed by atoms with Gasteiger partial charge in [-0.15, -0.1) is 0 Å². The molecule has 0 aliphatic carbocycles. The van der Waals surface area contributed by atoms with Gasteiger partial charge in [0.15, 0.2) is 0 Å². The van der Waals surface area contributed by atoms with E-state index in [1.807, 2.05) is 48.5 Å². The number of amides is 2. The summed E-state index contributed by atoms with van der Waals surface area (Å²) in [6.45, 7) is 4.25. The highest BCUT2D eigenvalue weighted by Gasteiger charge is 2.21. The number of hydrazone groups is 1. The number of halogens is 1. The molecule has 3 aromatic rings. The molecule has 0 spiro atoms. The van der Waals surface area contributed by atoms with Crippen molar-refractivity contribution in [2.75, 3.05) is 11.9 Å². The number of carbonyl (C=O) groups is 2. The van der Waals surface area contributed by atoms with Crippen LogP contribution < -0.4 is 15.5 Å². The minimum atomic E-state index is -0.924. The van der Waals surface area contributed by atoms with Gasteiger partial charge < -0.3 is 10.1 Å². The summed E-state index contributed by atoms with van der Waals surface area (Å²) in [5.74, 6) is -1.14. The lowest BCUT2D eigenvalue weighted by Crippen LogP contribution is -2.34. The molecular weight excluding hydrogens is 470 g/mol. The zero-order valence-corrected chi connectivity index (χ0v) is 19.7. The van der Waals surface area contributed by atoms with Crippen LogP contribution in [-0.2, 0) is 9.59 Å². The summed E-state index contributed by atoms with van der Waals surface area (Å²) in [6, 6.07) is 19.0. The highest BCUT2D eigenvalue weighted by Crippen LogP contribution is 2.27. The van der Waals surface area contributed by atoms with Crippen LogP contribution in [0.15, 0.2) is 70.2 Å². The van der Waals surface area contributed by atoms with E-state index in [0.717, 1.165) is 33.7 Å². The molecule has 0 saturated carbocycles. The van der Waals surface area contributed by atoms with E-state index >= 15 is 0 Å². The van der Waals surface area contributed by atoms with E-state index in [-0.39, 0.29) is 0 Å². The van der Waals surface area contributed by atoms with Crippen molar-refractivity contribution < 1.29 is 14.3 Å². The van der Waals surface area contributed by atoms with Gasteiger partial charge in [0.05, 0.1) is 18.5 Å². The van der Waals surface area contributed by atoms with E-state index < -0.39 is 17.7 Å². The van der Waals surface area contributed by atoms with Crippen LogP contribution in [0.3, 0.4) is 0 Å². The van der Waals surface area contributed by atoms with Gasteiger partial charge in [0.1, 0.15) is 11.7 Å². The number of carbonyl (C=O) groups excluding carboxylic acids is 2. The van der Waals surface area contributed by atoms with Crippen LogP contribution in [-0.4, -0.2) is 24.6 Å². The Balaban J connectivity index is 1.71. The van der Waals surface area contributed by atoms with E-state index in [9.17, 15) is 9.59 Å². The topological polar surface area (TPSA) is 79.8 Å². The van der Waals surface area contributed by atoms with Crippen molar-refractivity contribution in [2.24, 2.45) is 11.0 Å². The molecule has 1 atom stereocenters. The number of anilines is 1. The Morgan fingerprint density at radius 1 is 1.06 bits per heavy atom.